The fourth-order valence-corrected chi connectivity index (χ4v) is 3.77. The first-order chi connectivity index (χ1) is 14.8. The number of hydrogen-bond acceptors (Lipinski definition) is 6. The predicted octanol–water partition coefficient (Wildman–Crippen LogP) is 3.05. The zero-order valence-electron chi connectivity index (χ0n) is 16.0. The number of furan rings is 1. The van der Waals surface area contributed by atoms with Crippen LogP contribution in [0.25, 0.3) is 0 Å². The molecule has 0 saturated carbocycles. The quantitative estimate of drug-likeness (QED) is 0.519. The van der Waals surface area contributed by atoms with Gasteiger partial charge < -0.3 is 19.8 Å². The van der Waals surface area contributed by atoms with E-state index < -0.39 is 29.9 Å². The second kappa shape index (κ2) is 8.09. The van der Waals surface area contributed by atoms with Crippen molar-refractivity contribution in [1.82, 2.24) is 15.5 Å². The molecule has 2 aromatic rings. The van der Waals surface area contributed by atoms with E-state index in [9.17, 15) is 19.2 Å². The molecule has 0 fully saturated rings. The fraction of sp³-hybridized carbons (Fsp3) is 0.200. The van der Waals surface area contributed by atoms with Crippen molar-refractivity contribution in [3.05, 3.63) is 68.7 Å². The van der Waals surface area contributed by atoms with Crippen LogP contribution in [0.2, 0.25) is 10.0 Å². The van der Waals surface area contributed by atoms with E-state index in [2.05, 4.69) is 10.6 Å². The van der Waals surface area contributed by atoms with Crippen LogP contribution < -0.4 is 10.6 Å². The normalized spacial score (nSPS) is 18.1. The molecular weight excluding hydrogens is 449 g/mol. The third kappa shape index (κ3) is 3.66. The second-order valence-corrected chi connectivity index (χ2v) is 7.48. The number of benzene rings is 1. The smallest absolute Gasteiger partial charge is 0.338 e. The van der Waals surface area contributed by atoms with Gasteiger partial charge in [0, 0.05) is 0 Å². The molecule has 2 aliphatic rings. The van der Waals surface area contributed by atoms with Crippen molar-refractivity contribution in [2.75, 3.05) is 13.2 Å². The van der Waals surface area contributed by atoms with Gasteiger partial charge in [0.15, 0.2) is 0 Å². The van der Waals surface area contributed by atoms with Crippen molar-refractivity contribution >= 4 is 47.0 Å². The Balaban J connectivity index is 1.76. The Labute approximate surface area is 185 Å². The van der Waals surface area contributed by atoms with Gasteiger partial charge in [-0.15, -0.1) is 0 Å². The highest BCUT2D eigenvalue weighted by atomic mass is 35.5. The average Bonchev–Trinajstić information content (AvgIpc) is 3.33. The number of carbonyl (C=O) groups excluding carboxylic acids is 4. The van der Waals surface area contributed by atoms with Gasteiger partial charge in [-0.05, 0) is 31.2 Å². The maximum absolute atomic E-state index is 12.9. The molecule has 1 atom stereocenters. The number of ether oxygens (including phenoxy) is 1. The van der Waals surface area contributed by atoms with Crippen LogP contribution in [0.15, 0.2) is 46.2 Å². The van der Waals surface area contributed by atoms with Crippen LogP contribution in [-0.2, 0) is 9.53 Å². The Hall–Kier alpha value is -3.30. The maximum Gasteiger partial charge on any atom is 0.338 e. The zero-order chi connectivity index (χ0) is 22.3. The molecular formula is C20H15Cl2N3O6. The molecule has 11 heteroatoms. The van der Waals surface area contributed by atoms with Gasteiger partial charge in [-0.2, -0.15) is 0 Å². The first-order valence-corrected chi connectivity index (χ1v) is 9.93. The molecule has 3 heterocycles. The van der Waals surface area contributed by atoms with Crippen molar-refractivity contribution in [2.24, 2.45) is 0 Å². The molecule has 0 radical (unpaired) electrons. The highest BCUT2D eigenvalue weighted by Gasteiger charge is 2.41. The van der Waals surface area contributed by atoms with Gasteiger partial charge in [0.1, 0.15) is 11.8 Å². The lowest BCUT2D eigenvalue weighted by Gasteiger charge is -2.29. The molecule has 0 aliphatic carbocycles. The van der Waals surface area contributed by atoms with Crippen LogP contribution in [0, 0.1) is 0 Å². The number of rotatable bonds is 5. The van der Waals surface area contributed by atoms with Gasteiger partial charge in [0.25, 0.3) is 11.8 Å². The predicted molar refractivity (Wildman–Crippen MR) is 109 cm³/mol. The topological polar surface area (TPSA) is 118 Å². The number of esters is 1. The van der Waals surface area contributed by atoms with E-state index in [4.69, 9.17) is 32.4 Å². The molecule has 9 nitrogen and oxygen atoms in total. The van der Waals surface area contributed by atoms with Gasteiger partial charge in [0.2, 0.25) is 0 Å². The lowest BCUT2D eigenvalue weighted by Crippen LogP contribution is -2.49. The van der Waals surface area contributed by atoms with Crippen LogP contribution in [0.1, 0.15) is 39.4 Å². The summed E-state index contributed by atoms with van der Waals surface area (Å²) in [5.74, 6) is -1.70. The van der Waals surface area contributed by atoms with Crippen molar-refractivity contribution in [3.8, 4) is 0 Å². The Morgan fingerprint density at radius 3 is 2.35 bits per heavy atom. The summed E-state index contributed by atoms with van der Waals surface area (Å²) in [6.45, 7) is 1.34. The second-order valence-electron chi connectivity index (χ2n) is 6.67. The molecule has 4 rings (SSSR count). The van der Waals surface area contributed by atoms with Gasteiger partial charge in [-0.1, -0.05) is 23.2 Å². The third-order valence-electron chi connectivity index (χ3n) is 4.80. The average molecular weight is 464 g/mol. The highest BCUT2D eigenvalue weighted by molar-refractivity contribution is 6.43. The molecule has 31 heavy (non-hydrogen) atoms. The fourth-order valence-electron chi connectivity index (χ4n) is 3.45. The Morgan fingerprint density at radius 2 is 1.81 bits per heavy atom. The molecule has 1 aromatic heterocycles. The molecule has 0 saturated heterocycles. The SMILES string of the molecule is CCOC(=O)C1=C(CN2C(=O)c3cc(Cl)c(Cl)cc3C2=O)NC(=O)NC1c1ccco1. The minimum atomic E-state index is -0.961. The molecule has 1 aromatic carbocycles. The number of nitrogens with one attached hydrogen (secondary N) is 2. The van der Waals surface area contributed by atoms with Gasteiger partial charge in [0.05, 0.1) is 51.9 Å². The summed E-state index contributed by atoms with van der Waals surface area (Å²) in [5, 5.41) is 5.35. The standard InChI is InChI=1S/C20H15Cl2N3O6/c1-2-30-19(28)15-13(23-20(29)24-16(15)14-4-3-5-31-14)8-25-17(26)9-6-11(21)12(22)7-10(9)18(25)27/h3-7,16H,2,8H2,1H3,(H2,23,24,29). The van der Waals surface area contributed by atoms with Crippen molar-refractivity contribution in [2.45, 2.75) is 13.0 Å². The minimum Gasteiger partial charge on any atom is -0.467 e. The summed E-state index contributed by atoms with van der Waals surface area (Å²) in [6.07, 6.45) is 1.39. The van der Waals surface area contributed by atoms with E-state index in [-0.39, 0.29) is 51.4 Å². The minimum absolute atomic E-state index is 0.0176. The van der Waals surface area contributed by atoms with Crippen molar-refractivity contribution in [3.63, 3.8) is 0 Å². The number of urea groups is 1. The van der Waals surface area contributed by atoms with E-state index in [0.717, 1.165) is 4.90 Å². The van der Waals surface area contributed by atoms with Crippen LogP contribution in [0.3, 0.4) is 0 Å². The number of carbonyl (C=O) groups is 4. The number of imide groups is 1. The van der Waals surface area contributed by atoms with Crippen molar-refractivity contribution in [1.29, 1.82) is 0 Å². The largest absolute Gasteiger partial charge is 0.467 e. The summed E-state index contributed by atoms with van der Waals surface area (Å²) in [4.78, 5) is 51.6. The van der Waals surface area contributed by atoms with E-state index in [0.29, 0.717) is 0 Å². The lowest BCUT2D eigenvalue weighted by molar-refractivity contribution is -0.139. The summed E-state index contributed by atoms with van der Waals surface area (Å²) < 4.78 is 10.5. The number of hydrogen-bond donors (Lipinski definition) is 2. The summed E-state index contributed by atoms with van der Waals surface area (Å²) >= 11 is 12.0. The van der Waals surface area contributed by atoms with Gasteiger partial charge in [-0.25, -0.2) is 9.59 Å². The third-order valence-corrected chi connectivity index (χ3v) is 5.53. The monoisotopic (exact) mass is 463 g/mol. The number of fused-ring (bicyclic) bond motifs is 1. The highest BCUT2D eigenvalue weighted by Crippen LogP contribution is 2.33. The van der Waals surface area contributed by atoms with Crippen molar-refractivity contribution < 1.29 is 28.3 Å². The lowest BCUT2D eigenvalue weighted by atomic mass is 10.00. The number of nitrogens with zero attached hydrogens (tertiary/aromatic N) is 1. The van der Waals surface area contributed by atoms with E-state index >= 15 is 0 Å². The zero-order valence-corrected chi connectivity index (χ0v) is 17.5. The molecule has 2 N–H and O–H groups in total. The molecule has 2 aliphatic heterocycles. The number of halogens is 2. The molecule has 4 amide bonds. The Bertz CT molecular complexity index is 1100. The molecule has 0 bridgehead atoms. The number of amides is 4. The first-order valence-electron chi connectivity index (χ1n) is 9.18. The van der Waals surface area contributed by atoms with E-state index in [1.807, 2.05) is 0 Å². The summed E-state index contributed by atoms with van der Waals surface area (Å²) in [6, 6.07) is 4.21. The molecule has 160 valence electrons. The van der Waals surface area contributed by atoms with Gasteiger partial charge >= 0.3 is 12.0 Å². The Kier molecular flexibility index (Phi) is 5.47. The molecule has 0 spiro atoms. The van der Waals surface area contributed by atoms with Crippen LogP contribution in [0.5, 0.6) is 0 Å². The van der Waals surface area contributed by atoms with Gasteiger partial charge in [-0.3, -0.25) is 14.5 Å². The summed E-state index contributed by atoms with van der Waals surface area (Å²) in [7, 11) is 0. The Morgan fingerprint density at radius 1 is 1.16 bits per heavy atom. The van der Waals surface area contributed by atoms with E-state index in [1.165, 1.54) is 18.4 Å². The first kappa shape index (κ1) is 21.0. The summed E-state index contributed by atoms with van der Waals surface area (Å²) in [5.41, 5.74) is 0.223. The van der Waals surface area contributed by atoms with E-state index in [1.54, 1.807) is 19.1 Å². The van der Waals surface area contributed by atoms with Crippen LogP contribution in [-0.4, -0.2) is 41.9 Å². The maximum atomic E-state index is 12.9. The van der Waals surface area contributed by atoms with Crippen LogP contribution >= 0.6 is 23.2 Å². The van der Waals surface area contributed by atoms with Crippen LogP contribution in [0.4, 0.5) is 4.79 Å². The molecule has 1 unspecified atom stereocenters.